The Hall–Kier alpha value is -1.10. The lowest BCUT2D eigenvalue weighted by Crippen LogP contribution is -2.43. The number of carboxylic acids is 1. The third-order valence-electron chi connectivity index (χ3n) is 3.81. The van der Waals surface area contributed by atoms with Crippen LogP contribution in [0.2, 0.25) is 0 Å². The molecule has 1 fully saturated rings. The molecule has 104 valence electrons. The van der Waals surface area contributed by atoms with Gasteiger partial charge < -0.3 is 15.2 Å². The summed E-state index contributed by atoms with van der Waals surface area (Å²) in [7, 11) is 0. The van der Waals surface area contributed by atoms with E-state index in [2.05, 4.69) is 19.2 Å². The summed E-state index contributed by atoms with van der Waals surface area (Å²) in [5.41, 5.74) is -0.0301. The van der Waals surface area contributed by atoms with Crippen LogP contribution in [0, 0.1) is 17.3 Å². The molecule has 0 radical (unpaired) electrons. The van der Waals surface area contributed by atoms with Gasteiger partial charge in [-0.15, -0.1) is 0 Å². The van der Waals surface area contributed by atoms with Gasteiger partial charge in [0.25, 0.3) is 0 Å². The summed E-state index contributed by atoms with van der Waals surface area (Å²) in [6, 6.07) is 0. The van der Waals surface area contributed by atoms with E-state index >= 15 is 0 Å². The van der Waals surface area contributed by atoms with Crippen LogP contribution in [0.3, 0.4) is 0 Å². The highest BCUT2D eigenvalue weighted by Crippen LogP contribution is 2.33. The van der Waals surface area contributed by atoms with E-state index in [0.29, 0.717) is 12.5 Å². The Kier molecular flexibility index (Phi) is 5.14. The first-order valence-corrected chi connectivity index (χ1v) is 6.43. The van der Waals surface area contributed by atoms with Crippen molar-refractivity contribution in [3.8, 4) is 0 Å². The first-order valence-electron chi connectivity index (χ1n) is 6.43. The van der Waals surface area contributed by atoms with Crippen LogP contribution in [0.15, 0.2) is 0 Å². The number of amides is 1. The maximum atomic E-state index is 11.6. The number of rotatable bonds is 5. The van der Waals surface area contributed by atoms with Crippen molar-refractivity contribution in [2.24, 2.45) is 17.3 Å². The van der Waals surface area contributed by atoms with Crippen LogP contribution >= 0.6 is 0 Å². The number of ether oxygens (including phenoxy) is 1. The molecule has 0 aromatic carbocycles. The molecule has 1 aliphatic rings. The molecule has 5 nitrogen and oxygen atoms in total. The third kappa shape index (κ3) is 3.98. The van der Waals surface area contributed by atoms with Crippen LogP contribution in [0.25, 0.3) is 0 Å². The Balaban J connectivity index is 2.45. The fourth-order valence-corrected chi connectivity index (χ4v) is 2.20. The van der Waals surface area contributed by atoms with E-state index in [4.69, 9.17) is 9.84 Å². The number of hydrogen-bond donors (Lipinski definition) is 2. The van der Waals surface area contributed by atoms with Crippen molar-refractivity contribution in [1.29, 1.82) is 0 Å². The number of hydrogen-bond acceptors (Lipinski definition) is 3. The molecule has 1 heterocycles. The smallest absolute Gasteiger partial charge is 0.315 e. The highest BCUT2D eigenvalue weighted by atomic mass is 16.5. The Morgan fingerprint density at radius 3 is 2.44 bits per heavy atom. The third-order valence-corrected chi connectivity index (χ3v) is 3.81. The first-order chi connectivity index (χ1) is 8.34. The van der Waals surface area contributed by atoms with Crippen molar-refractivity contribution in [3.63, 3.8) is 0 Å². The lowest BCUT2D eigenvalue weighted by Gasteiger charge is -2.37. The van der Waals surface area contributed by atoms with Gasteiger partial charge in [0.15, 0.2) is 0 Å². The van der Waals surface area contributed by atoms with Gasteiger partial charge in [-0.3, -0.25) is 9.59 Å². The maximum absolute atomic E-state index is 11.6. The minimum Gasteiger partial charge on any atom is -0.481 e. The molecular formula is C13H23NO4. The predicted molar refractivity (Wildman–Crippen MR) is 67.1 cm³/mol. The fraction of sp³-hybridized carbons (Fsp3) is 0.846. The number of carboxylic acid groups (broad SMARTS) is 1. The molecule has 5 heteroatoms. The quantitative estimate of drug-likeness (QED) is 0.727. The molecule has 0 aromatic heterocycles. The molecule has 0 bridgehead atoms. The average molecular weight is 257 g/mol. The van der Waals surface area contributed by atoms with Crippen LogP contribution in [0.4, 0.5) is 0 Å². The second-order valence-electron chi connectivity index (χ2n) is 5.65. The van der Waals surface area contributed by atoms with E-state index in [1.54, 1.807) is 0 Å². The van der Waals surface area contributed by atoms with Crippen molar-refractivity contribution in [2.75, 3.05) is 19.8 Å². The first kappa shape index (κ1) is 15.0. The van der Waals surface area contributed by atoms with E-state index in [0.717, 1.165) is 26.1 Å². The molecule has 1 saturated heterocycles. The van der Waals surface area contributed by atoms with Gasteiger partial charge >= 0.3 is 5.97 Å². The Bertz CT molecular complexity index is 308. The largest absolute Gasteiger partial charge is 0.481 e. The standard InChI is InChI=1S/C13H23NO4/c1-9(12(16)17)11(15)14-8-13(2,3)10-4-6-18-7-5-10/h9-10H,4-8H2,1-3H3,(H,14,15)(H,16,17). The van der Waals surface area contributed by atoms with Gasteiger partial charge in [0, 0.05) is 19.8 Å². The highest BCUT2D eigenvalue weighted by molar-refractivity contribution is 5.96. The molecule has 2 N–H and O–H groups in total. The Morgan fingerprint density at radius 2 is 1.94 bits per heavy atom. The second-order valence-corrected chi connectivity index (χ2v) is 5.65. The molecule has 1 amide bonds. The predicted octanol–water partition coefficient (Wildman–Crippen LogP) is 1.28. The minimum atomic E-state index is -1.09. The summed E-state index contributed by atoms with van der Waals surface area (Å²) in [4.78, 5) is 22.3. The SMILES string of the molecule is CC(C(=O)O)C(=O)NCC(C)(C)C1CCOCC1. The summed E-state index contributed by atoms with van der Waals surface area (Å²) in [6.45, 7) is 7.66. The van der Waals surface area contributed by atoms with Crippen molar-refractivity contribution < 1.29 is 19.4 Å². The molecule has 0 saturated carbocycles. The van der Waals surface area contributed by atoms with E-state index in [9.17, 15) is 9.59 Å². The van der Waals surface area contributed by atoms with Gasteiger partial charge in [-0.25, -0.2) is 0 Å². The summed E-state index contributed by atoms with van der Waals surface area (Å²) in [6.07, 6.45) is 1.99. The topological polar surface area (TPSA) is 75.6 Å². The summed E-state index contributed by atoms with van der Waals surface area (Å²) < 4.78 is 5.33. The van der Waals surface area contributed by atoms with E-state index < -0.39 is 17.8 Å². The lowest BCUT2D eigenvalue weighted by atomic mass is 9.74. The Morgan fingerprint density at radius 1 is 1.39 bits per heavy atom. The van der Waals surface area contributed by atoms with Gasteiger partial charge in [0.05, 0.1) is 0 Å². The second kappa shape index (κ2) is 6.18. The van der Waals surface area contributed by atoms with Gasteiger partial charge in [0.1, 0.15) is 5.92 Å². The number of aliphatic carboxylic acids is 1. The van der Waals surface area contributed by atoms with Crippen LogP contribution in [0.1, 0.15) is 33.6 Å². The van der Waals surface area contributed by atoms with Crippen LogP contribution in [0.5, 0.6) is 0 Å². The van der Waals surface area contributed by atoms with Crippen molar-refractivity contribution >= 4 is 11.9 Å². The summed E-state index contributed by atoms with van der Waals surface area (Å²) in [5, 5.41) is 11.5. The van der Waals surface area contributed by atoms with Gasteiger partial charge in [0.2, 0.25) is 5.91 Å². The summed E-state index contributed by atoms with van der Waals surface area (Å²) >= 11 is 0. The summed E-state index contributed by atoms with van der Waals surface area (Å²) in [5.74, 6) is -1.99. The van der Waals surface area contributed by atoms with Crippen molar-refractivity contribution in [1.82, 2.24) is 5.32 Å². The zero-order valence-electron chi connectivity index (χ0n) is 11.4. The molecule has 1 aliphatic heterocycles. The monoisotopic (exact) mass is 257 g/mol. The molecule has 0 aliphatic carbocycles. The Labute approximate surface area is 108 Å². The maximum Gasteiger partial charge on any atom is 0.315 e. The van der Waals surface area contributed by atoms with Gasteiger partial charge in [-0.1, -0.05) is 13.8 Å². The molecule has 1 atom stereocenters. The normalized spacial score (nSPS) is 19.3. The van der Waals surface area contributed by atoms with Gasteiger partial charge in [-0.05, 0) is 31.1 Å². The molecule has 18 heavy (non-hydrogen) atoms. The van der Waals surface area contributed by atoms with Gasteiger partial charge in [-0.2, -0.15) is 0 Å². The number of carbonyl (C=O) groups is 2. The van der Waals surface area contributed by atoms with Crippen molar-refractivity contribution in [3.05, 3.63) is 0 Å². The van der Waals surface area contributed by atoms with E-state index in [1.165, 1.54) is 6.92 Å². The number of nitrogens with one attached hydrogen (secondary N) is 1. The average Bonchev–Trinajstić information content (AvgIpc) is 2.36. The zero-order valence-corrected chi connectivity index (χ0v) is 11.4. The molecule has 1 unspecified atom stereocenters. The molecule has 0 spiro atoms. The van der Waals surface area contributed by atoms with E-state index in [1.807, 2.05) is 0 Å². The van der Waals surface area contributed by atoms with Crippen molar-refractivity contribution in [2.45, 2.75) is 33.6 Å². The minimum absolute atomic E-state index is 0.0301. The van der Waals surface area contributed by atoms with Crippen LogP contribution in [-0.2, 0) is 14.3 Å². The molecule has 1 rings (SSSR count). The zero-order chi connectivity index (χ0) is 13.8. The fourth-order valence-electron chi connectivity index (χ4n) is 2.20. The lowest BCUT2D eigenvalue weighted by molar-refractivity contribution is -0.146. The molecular weight excluding hydrogens is 234 g/mol. The van der Waals surface area contributed by atoms with E-state index in [-0.39, 0.29) is 5.41 Å². The highest BCUT2D eigenvalue weighted by Gasteiger charge is 2.32. The molecule has 0 aromatic rings. The van der Waals surface area contributed by atoms with Crippen LogP contribution in [-0.4, -0.2) is 36.7 Å². The number of carbonyl (C=O) groups excluding carboxylic acids is 1. The van der Waals surface area contributed by atoms with Crippen LogP contribution < -0.4 is 5.32 Å².